The minimum Gasteiger partial charge on any atom is -0.337 e. The number of carbonyl (C=O) groups is 2. The Morgan fingerprint density at radius 2 is 2.00 bits per heavy atom. The molecule has 4 nitrogen and oxygen atoms in total. The zero-order valence-corrected chi connectivity index (χ0v) is 13.8. The van der Waals surface area contributed by atoms with Gasteiger partial charge in [-0.05, 0) is 39.0 Å². The molecule has 0 saturated carbocycles. The Labute approximate surface area is 134 Å². The highest BCUT2D eigenvalue weighted by Gasteiger charge is 2.39. The molecule has 1 aliphatic rings. The number of likely N-dealkylation sites (tertiary alicyclic amines) is 1. The third-order valence-corrected chi connectivity index (χ3v) is 4.06. The zero-order chi connectivity index (χ0) is 15.8. The van der Waals surface area contributed by atoms with Crippen LogP contribution in [0.3, 0.4) is 0 Å². The summed E-state index contributed by atoms with van der Waals surface area (Å²) in [5.74, 6) is -0.578. The van der Waals surface area contributed by atoms with E-state index in [1.54, 1.807) is 23.1 Å². The van der Waals surface area contributed by atoms with Crippen molar-refractivity contribution in [2.75, 3.05) is 11.9 Å². The van der Waals surface area contributed by atoms with E-state index < -0.39 is 0 Å². The second-order valence-corrected chi connectivity index (χ2v) is 7.03. The largest absolute Gasteiger partial charge is 0.337 e. The second-order valence-electron chi connectivity index (χ2n) is 6.19. The number of nitrogens with zero attached hydrogens (tertiary/aromatic N) is 1. The smallest absolute Gasteiger partial charge is 0.229 e. The number of hydrogen-bond donors (Lipinski definition) is 1. The average Bonchev–Trinajstić information content (AvgIpc) is 2.76. The molecular formula is C15H18Cl2N2O2. The van der Waals surface area contributed by atoms with E-state index in [0.717, 1.165) is 0 Å². The van der Waals surface area contributed by atoms with E-state index in [0.29, 0.717) is 22.3 Å². The molecular weight excluding hydrogens is 311 g/mol. The molecule has 0 aliphatic carbocycles. The van der Waals surface area contributed by atoms with Gasteiger partial charge in [-0.1, -0.05) is 23.2 Å². The molecule has 1 N–H and O–H groups in total. The summed E-state index contributed by atoms with van der Waals surface area (Å²) >= 11 is 11.9. The van der Waals surface area contributed by atoms with Crippen molar-refractivity contribution in [1.82, 2.24) is 4.90 Å². The van der Waals surface area contributed by atoms with Gasteiger partial charge in [0.15, 0.2) is 0 Å². The first-order valence-electron chi connectivity index (χ1n) is 6.75. The summed E-state index contributed by atoms with van der Waals surface area (Å²) in [6, 6.07) is 4.88. The van der Waals surface area contributed by atoms with Gasteiger partial charge < -0.3 is 10.2 Å². The zero-order valence-electron chi connectivity index (χ0n) is 12.2. The number of benzene rings is 1. The normalized spacial score (nSPS) is 19.0. The van der Waals surface area contributed by atoms with E-state index in [1.165, 1.54) is 0 Å². The van der Waals surface area contributed by atoms with Gasteiger partial charge >= 0.3 is 0 Å². The Kier molecular flexibility index (Phi) is 4.49. The summed E-state index contributed by atoms with van der Waals surface area (Å²) < 4.78 is 0. The van der Waals surface area contributed by atoms with Crippen LogP contribution in [0.25, 0.3) is 0 Å². The van der Waals surface area contributed by atoms with Gasteiger partial charge in [0.25, 0.3) is 0 Å². The van der Waals surface area contributed by atoms with Crippen molar-refractivity contribution in [3.05, 3.63) is 28.2 Å². The van der Waals surface area contributed by atoms with Crippen LogP contribution in [0, 0.1) is 5.92 Å². The van der Waals surface area contributed by atoms with Crippen molar-refractivity contribution in [1.29, 1.82) is 0 Å². The predicted octanol–water partition coefficient (Wildman–Crippen LogP) is 3.58. The van der Waals surface area contributed by atoms with Crippen LogP contribution in [0.4, 0.5) is 5.69 Å². The van der Waals surface area contributed by atoms with Crippen molar-refractivity contribution in [2.45, 2.75) is 32.7 Å². The van der Waals surface area contributed by atoms with Crippen LogP contribution < -0.4 is 5.32 Å². The van der Waals surface area contributed by atoms with Crippen LogP contribution in [-0.2, 0) is 9.59 Å². The molecule has 1 aromatic carbocycles. The van der Waals surface area contributed by atoms with Gasteiger partial charge in [-0.3, -0.25) is 9.59 Å². The first-order chi connectivity index (χ1) is 9.68. The number of anilines is 1. The number of rotatable bonds is 2. The summed E-state index contributed by atoms with van der Waals surface area (Å²) in [7, 11) is 0. The number of carbonyl (C=O) groups excluding carboxylic acids is 2. The molecule has 1 atom stereocenters. The lowest BCUT2D eigenvalue weighted by Gasteiger charge is -2.31. The molecule has 1 fully saturated rings. The summed E-state index contributed by atoms with van der Waals surface area (Å²) in [6.45, 7) is 6.30. The van der Waals surface area contributed by atoms with Crippen molar-refractivity contribution in [2.24, 2.45) is 5.92 Å². The highest BCUT2D eigenvalue weighted by Crippen LogP contribution is 2.29. The number of hydrogen-bond acceptors (Lipinski definition) is 2. The molecule has 0 aromatic heterocycles. The van der Waals surface area contributed by atoms with Gasteiger partial charge in [0.2, 0.25) is 11.8 Å². The Balaban J connectivity index is 2.09. The van der Waals surface area contributed by atoms with E-state index in [9.17, 15) is 9.59 Å². The van der Waals surface area contributed by atoms with E-state index in [-0.39, 0.29) is 29.7 Å². The Morgan fingerprint density at radius 1 is 1.33 bits per heavy atom. The van der Waals surface area contributed by atoms with Crippen molar-refractivity contribution in [3.8, 4) is 0 Å². The first kappa shape index (κ1) is 16.1. The minimum atomic E-state index is -0.369. The maximum atomic E-state index is 12.3. The van der Waals surface area contributed by atoms with E-state index in [2.05, 4.69) is 5.32 Å². The third kappa shape index (κ3) is 3.69. The van der Waals surface area contributed by atoms with Gasteiger partial charge in [0.05, 0.1) is 16.6 Å². The molecule has 0 spiro atoms. The lowest BCUT2D eigenvalue weighted by Crippen LogP contribution is -2.42. The van der Waals surface area contributed by atoms with Crippen LogP contribution in [0.1, 0.15) is 27.2 Å². The van der Waals surface area contributed by atoms with Gasteiger partial charge in [0.1, 0.15) is 0 Å². The number of halogens is 2. The van der Waals surface area contributed by atoms with E-state index >= 15 is 0 Å². The van der Waals surface area contributed by atoms with Crippen LogP contribution in [0.15, 0.2) is 18.2 Å². The fourth-order valence-electron chi connectivity index (χ4n) is 2.36. The molecule has 1 saturated heterocycles. The Hall–Kier alpha value is -1.26. The standard InChI is InChI=1S/C15H18Cl2N2O2/c1-15(2,3)19-8-9(6-13(19)20)14(21)18-12-7-10(16)4-5-11(12)17/h4-5,7,9H,6,8H2,1-3H3,(H,18,21)/t9-/m1/s1. The molecule has 0 bridgehead atoms. The Morgan fingerprint density at radius 3 is 2.57 bits per heavy atom. The maximum absolute atomic E-state index is 12.3. The lowest BCUT2D eigenvalue weighted by molar-refractivity contribution is -0.131. The molecule has 0 unspecified atom stereocenters. The molecule has 6 heteroatoms. The quantitative estimate of drug-likeness (QED) is 0.902. The molecule has 21 heavy (non-hydrogen) atoms. The molecule has 1 aromatic rings. The lowest BCUT2D eigenvalue weighted by atomic mass is 10.1. The molecule has 2 rings (SSSR count). The summed E-state index contributed by atoms with van der Waals surface area (Å²) in [5, 5.41) is 3.67. The van der Waals surface area contributed by atoms with Crippen LogP contribution in [0.2, 0.25) is 10.0 Å². The van der Waals surface area contributed by atoms with Crippen LogP contribution >= 0.6 is 23.2 Å². The van der Waals surface area contributed by atoms with Gasteiger partial charge in [0, 0.05) is 23.5 Å². The number of nitrogens with one attached hydrogen (secondary N) is 1. The summed E-state index contributed by atoms with van der Waals surface area (Å²) in [6.07, 6.45) is 0.224. The van der Waals surface area contributed by atoms with Gasteiger partial charge in [-0.15, -0.1) is 0 Å². The fourth-order valence-corrected chi connectivity index (χ4v) is 2.70. The average molecular weight is 329 g/mol. The topological polar surface area (TPSA) is 49.4 Å². The van der Waals surface area contributed by atoms with Crippen LogP contribution in [-0.4, -0.2) is 28.8 Å². The maximum Gasteiger partial charge on any atom is 0.229 e. The summed E-state index contributed by atoms with van der Waals surface area (Å²) in [5.41, 5.74) is 0.190. The van der Waals surface area contributed by atoms with Crippen molar-refractivity contribution >= 4 is 40.7 Å². The van der Waals surface area contributed by atoms with Gasteiger partial charge in [-0.2, -0.15) is 0 Å². The monoisotopic (exact) mass is 328 g/mol. The molecule has 2 amide bonds. The fraction of sp³-hybridized carbons (Fsp3) is 0.467. The van der Waals surface area contributed by atoms with E-state index in [4.69, 9.17) is 23.2 Å². The summed E-state index contributed by atoms with van der Waals surface area (Å²) in [4.78, 5) is 26.0. The minimum absolute atomic E-state index is 0.000147. The molecule has 1 heterocycles. The SMILES string of the molecule is CC(C)(C)N1C[C@H](C(=O)Nc2cc(Cl)ccc2Cl)CC1=O. The van der Waals surface area contributed by atoms with Crippen LogP contribution in [0.5, 0.6) is 0 Å². The van der Waals surface area contributed by atoms with Gasteiger partial charge in [-0.25, -0.2) is 0 Å². The second kappa shape index (κ2) is 5.85. The Bertz CT molecular complexity index is 582. The number of amides is 2. The molecule has 1 aliphatic heterocycles. The molecule has 0 radical (unpaired) electrons. The first-order valence-corrected chi connectivity index (χ1v) is 7.50. The highest BCUT2D eigenvalue weighted by molar-refractivity contribution is 6.35. The van der Waals surface area contributed by atoms with Crippen molar-refractivity contribution < 1.29 is 9.59 Å². The highest BCUT2D eigenvalue weighted by atomic mass is 35.5. The predicted molar refractivity (Wildman–Crippen MR) is 84.7 cm³/mol. The molecule has 114 valence electrons. The van der Waals surface area contributed by atoms with Crippen molar-refractivity contribution in [3.63, 3.8) is 0 Å². The third-order valence-electron chi connectivity index (χ3n) is 3.49. The van der Waals surface area contributed by atoms with E-state index in [1.807, 2.05) is 20.8 Å².